The van der Waals surface area contributed by atoms with E-state index in [9.17, 15) is 28.0 Å². The van der Waals surface area contributed by atoms with Gasteiger partial charge in [0.25, 0.3) is 10.1 Å². The smallest absolute Gasteiger partial charge is 0.266 e. The predicted octanol–water partition coefficient (Wildman–Crippen LogP) is 8.99. The maximum atomic E-state index is 12.5. The Morgan fingerprint density at radius 2 is 1.09 bits per heavy atom. The summed E-state index contributed by atoms with van der Waals surface area (Å²) in [6.45, 7) is 4.33. The normalized spacial score (nSPS) is 14.4. The number of hydrogen-bond acceptors (Lipinski definition) is 5. The largest absolute Gasteiger partial charge is 0.391 e. The maximum Gasteiger partial charge on any atom is 0.266 e. The van der Waals surface area contributed by atoms with Gasteiger partial charge in [-0.1, -0.05) is 160 Å². The van der Waals surface area contributed by atoms with E-state index in [1.54, 1.807) is 0 Å². The van der Waals surface area contributed by atoms with Gasteiger partial charge in [-0.05, 0) is 38.5 Å². The van der Waals surface area contributed by atoms with Crippen LogP contribution in [0.5, 0.6) is 0 Å². The summed E-state index contributed by atoms with van der Waals surface area (Å²) in [6.07, 6.45) is 33.7. The summed E-state index contributed by atoms with van der Waals surface area (Å²) in [5, 5.41) is 23.3. The summed E-state index contributed by atoms with van der Waals surface area (Å²) in [6, 6.07) is -1.14. The maximum absolute atomic E-state index is 12.5. The van der Waals surface area contributed by atoms with Gasteiger partial charge in [0.2, 0.25) is 5.91 Å². The zero-order valence-electron chi connectivity index (χ0n) is 28.4. The minimum Gasteiger partial charge on any atom is -0.391 e. The molecule has 0 aromatic heterocycles. The summed E-state index contributed by atoms with van der Waals surface area (Å²) in [5.41, 5.74) is 0. The van der Waals surface area contributed by atoms with Crippen molar-refractivity contribution in [1.29, 1.82) is 0 Å². The SMILES string of the molecule is CC/C=C\C/C=C\CCCCCCCCCCCCCCCC(O)C(=O)NC(CS(=O)(=O)O)C(O)CCCCCCCCC. The van der Waals surface area contributed by atoms with Crippen LogP contribution >= 0.6 is 0 Å². The first-order valence-electron chi connectivity index (χ1n) is 18.1. The second kappa shape index (κ2) is 30.4. The molecule has 0 saturated heterocycles. The Morgan fingerprint density at radius 3 is 1.59 bits per heavy atom. The molecule has 0 spiro atoms. The molecule has 0 rings (SSSR count). The number of aliphatic hydroxyl groups excluding tert-OH is 2. The Balaban J connectivity index is 3.88. The Kier molecular flexibility index (Phi) is 29.6. The quantitative estimate of drug-likeness (QED) is 0.0329. The van der Waals surface area contributed by atoms with Crippen LogP contribution in [-0.2, 0) is 14.9 Å². The highest BCUT2D eigenvalue weighted by molar-refractivity contribution is 7.85. The van der Waals surface area contributed by atoms with Gasteiger partial charge < -0.3 is 15.5 Å². The van der Waals surface area contributed by atoms with Gasteiger partial charge in [0, 0.05) is 0 Å². The Labute approximate surface area is 271 Å². The average molecular weight is 644 g/mol. The molecule has 3 atom stereocenters. The van der Waals surface area contributed by atoms with Crippen molar-refractivity contribution < 1.29 is 28.0 Å². The number of carbonyl (C=O) groups is 1. The first-order valence-corrected chi connectivity index (χ1v) is 19.7. The van der Waals surface area contributed by atoms with Crippen molar-refractivity contribution in [3.05, 3.63) is 24.3 Å². The summed E-state index contributed by atoms with van der Waals surface area (Å²) in [5.74, 6) is -1.46. The molecular formula is C36H69NO6S. The predicted molar refractivity (Wildman–Crippen MR) is 185 cm³/mol. The third-order valence-corrected chi connectivity index (χ3v) is 9.06. The highest BCUT2D eigenvalue weighted by Crippen LogP contribution is 2.15. The van der Waals surface area contributed by atoms with E-state index in [0.717, 1.165) is 51.4 Å². The van der Waals surface area contributed by atoms with Gasteiger partial charge in [0.05, 0.1) is 17.9 Å². The molecule has 0 aliphatic rings. The van der Waals surface area contributed by atoms with Crippen LogP contribution < -0.4 is 5.32 Å². The molecule has 0 aromatic rings. The van der Waals surface area contributed by atoms with E-state index in [0.29, 0.717) is 25.7 Å². The van der Waals surface area contributed by atoms with Gasteiger partial charge in [0.15, 0.2) is 0 Å². The van der Waals surface area contributed by atoms with Crippen LogP contribution in [0.25, 0.3) is 0 Å². The zero-order chi connectivity index (χ0) is 32.7. The number of allylic oxidation sites excluding steroid dienone is 4. The third-order valence-electron chi connectivity index (χ3n) is 8.28. The van der Waals surface area contributed by atoms with E-state index in [1.807, 2.05) is 0 Å². The molecule has 0 aliphatic carbocycles. The van der Waals surface area contributed by atoms with E-state index in [1.165, 1.54) is 83.5 Å². The molecule has 260 valence electrons. The minimum atomic E-state index is -4.39. The van der Waals surface area contributed by atoms with E-state index < -0.39 is 40.0 Å². The average Bonchev–Trinajstić information content (AvgIpc) is 2.98. The second-order valence-corrected chi connectivity index (χ2v) is 14.1. The molecule has 4 N–H and O–H groups in total. The van der Waals surface area contributed by atoms with Crippen molar-refractivity contribution >= 4 is 16.0 Å². The van der Waals surface area contributed by atoms with Crippen molar-refractivity contribution in [1.82, 2.24) is 5.32 Å². The minimum absolute atomic E-state index is 0.297. The highest BCUT2D eigenvalue weighted by atomic mass is 32.2. The monoisotopic (exact) mass is 643 g/mol. The number of rotatable bonds is 32. The van der Waals surface area contributed by atoms with Crippen LogP contribution in [0, 0.1) is 0 Å². The van der Waals surface area contributed by atoms with E-state index >= 15 is 0 Å². The van der Waals surface area contributed by atoms with E-state index in [4.69, 9.17) is 0 Å². The van der Waals surface area contributed by atoms with Crippen LogP contribution in [-0.4, -0.2) is 53.1 Å². The summed E-state index contributed by atoms with van der Waals surface area (Å²) < 4.78 is 32.2. The summed E-state index contributed by atoms with van der Waals surface area (Å²) >= 11 is 0. The fourth-order valence-corrected chi connectivity index (χ4v) is 6.26. The van der Waals surface area contributed by atoms with Crippen LogP contribution in [0.3, 0.4) is 0 Å². The lowest BCUT2D eigenvalue weighted by Gasteiger charge is -2.24. The van der Waals surface area contributed by atoms with Crippen molar-refractivity contribution in [2.45, 2.75) is 193 Å². The molecule has 0 fully saturated rings. The van der Waals surface area contributed by atoms with Crippen molar-refractivity contribution in [2.75, 3.05) is 5.75 Å². The lowest BCUT2D eigenvalue weighted by atomic mass is 10.0. The fourth-order valence-electron chi connectivity index (χ4n) is 5.50. The molecule has 8 heteroatoms. The van der Waals surface area contributed by atoms with Gasteiger partial charge in [0.1, 0.15) is 6.10 Å². The second-order valence-electron chi connectivity index (χ2n) is 12.6. The number of nitrogens with one attached hydrogen (secondary N) is 1. The first-order chi connectivity index (χ1) is 21.2. The Bertz CT molecular complexity index is 813. The van der Waals surface area contributed by atoms with E-state index in [2.05, 4.69) is 43.5 Å². The van der Waals surface area contributed by atoms with Crippen molar-refractivity contribution in [3.8, 4) is 0 Å². The molecule has 0 saturated carbocycles. The fraction of sp³-hybridized carbons (Fsp3) is 0.861. The van der Waals surface area contributed by atoms with Crippen molar-refractivity contribution in [2.24, 2.45) is 0 Å². The van der Waals surface area contributed by atoms with E-state index in [-0.39, 0.29) is 0 Å². The summed E-state index contributed by atoms with van der Waals surface area (Å²) in [7, 11) is -4.39. The Morgan fingerprint density at radius 1 is 0.636 bits per heavy atom. The van der Waals surface area contributed by atoms with Crippen molar-refractivity contribution in [3.63, 3.8) is 0 Å². The zero-order valence-corrected chi connectivity index (χ0v) is 29.2. The third kappa shape index (κ3) is 29.5. The number of hydrogen-bond donors (Lipinski definition) is 4. The molecule has 1 amide bonds. The molecule has 0 heterocycles. The number of aliphatic hydroxyl groups is 2. The summed E-state index contributed by atoms with van der Waals surface area (Å²) in [4.78, 5) is 12.5. The number of unbranched alkanes of at least 4 members (excludes halogenated alkanes) is 19. The molecule has 0 radical (unpaired) electrons. The lowest BCUT2D eigenvalue weighted by molar-refractivity contribution is -0.131. The molecule has 0 bridgehead atoms. The highest BCUT2D eigenvalue weighted by Gasteiger charge is 2.28. The molecule has 44 heavy (non-hydrogen) atoms. The topological polar surface area (TPSA) is 124 Å². The van der Waals surface area contributed by atoms with Gasteiger partial charge in [-0.25, -0.2) is 0 Å². The van der Waals surface area contributed by atoms with Crippen LogP contribution in [0.1, 0.15) is 174 Å². The lowest BCUT2D eigenvalue weighted by Crippen LogP contribution is -2.50. The first kappa shape index (κ1) is 42.8. The number of carbonyl (C=O) groups excluding carboxylic acids is 1. The van der Waals surface area contributed by atoms with Gasteiger partial charge >= 0.3 is 0 Å². The molecule has 0 aliphatic heterocycles. The van der Waals surface area contributed by atoms with Gasteiger partial charge in [-0.3, -0.25) is 9.35 Å². The van der Waals surface area contributed by atoms with Gasteiger partial charge in [-0.2, -0.15) is 8.42 Å². The Hall–Kier alpha value is -1.22. The number of amides is 1. The standard InChI is InChI=1S/C36H69NO6S/c1-3-5-7-9-11-12-13-14-15-16-17-18-19-20-21-22-23-25-27-29-31-35(39)36(40)37-33(32-44(41,42)43)34(38)30-28-26-24-10-8-6-4-2/h5,7,11-12,33-35,38-39H,3-4,6,8-10,13-32H2,1-2H3,(H,37,40)(H,41,42,43)/b7-5-,12-11-. The molecule has 0 aromatic carbocycles. The molecular weight excluding hydrogens is 574 g/mol. The molecule has 7 nitrogen and oxygen atoms in total. The van der Waals surface area contributed by atoms with Gasteiger partial charge in [-0.15, -0.1) is 0 Å². The van der Waals surface area contributed by atoms with Crippen LogP contribution in [0.15, 0.2) is 24.3 Å². The van der Waals surface area contributed by atoms with Crippen LogP contribution in [0.2, 0.25) is 0 Å². The van der Waals surface area contributed by atoms with Crippen LogP contribution in [0.4, 0.5) is 0 Å². The molecule has 3 unspecified atom stereocenters.